The summed E-state index contributed by atoms with van der Waals surface area (Å²) in [6.45, 7) is 7.76. The lowest BCUT2D eigenvalue weighted by atomic mass is 9.12. The van der Waals surface area contributed by atoms with E-state index >= 15 is 26.3 Å². The second kappa shape index (κ2) is 12.8. The standard InChI is InChI=1S/C32H21BF15O.H3N/c1-31(2,3)10-7-9(8-11(30(10)49)32(4,5)6)33(12-15(34)21(40)27(46)22(41)16(12)35,13-17(36)23(42)28(47)24(43)18(13)37)14-19(38)25(44)29(48)26(45)20(14)39;/h7-8,49H,1-6H3;1H3/q-1;/p+1. The summed E-state index contributed by atoms with van der Waals surface area (Å²) in [5, 5.41) is 11.2. The van der Waals surface area contributed by atoms with Gasteiger partial charge >= 0.3 is 0 Å². The fourth-order valence-electron chi connectivity index (χ4n) is 5.99. The Morgan fingerprint density at radius 1 is 0.380 bits per heavy atom. The van der Waals surface area contributed by atoms with Crippen molar-refractivity contribution in [3.05, 3.63) is 111 Å². The molecule has 0 saturated carbocycles. The van der Waals surface area contributed by atoms with Crippen molar-refractivity contribution in [2.45, 2.75) is 52.4 Å². The zero-order valence-corrected chi connectivity index (χ0v) is 26.8. The van der Waals surface area contributed by atoms with Gasteiger partial charge in [0.15, 0.2) is 52.4 Å². The van der Waals surface area contributed by atoms with Gasteiger partial charge in [0.1, 0.15) is 46.8 Å². The molecule has 272 valence electrons. The lowest BCUT2D eigenvalue weighted by Crippen LogP contribution is -2.79. The second-order valence-electron chi connectivity index (χ2n) is 13.3. The first kappa shape index (κ1) is 40.1. The summed E-state index contributed by atoms with van der Waals surface area (Å²) < 4.78 is 229. The Morgan fingerprint density at radius 2 is 0.560 bits per heavy atom. The minimum Gasteiger partial charge on any atom is -0.507 e. The molecule has 2 nitrogen and oxygen atoms in total. The zero-order chi connectivity index (χ0) is 37.6. The minimum absolute atomic E-state index is 0. The fraction of sp³-hybridized carbons (Fsp3) is 0.250. The van der Waals surface area contributed by atoms with Crippen molar-refractivity contribution in [1.29, 1.82) is 0 Å². The number of phenols is 1. The van der Waals surface area contributed by atoms with Crippen LogP contribution >= 0.6 is 0 Å². The van der Waals surface area contributed by atoms with Gasteiger partial charge in [-0.1, -0.05) is 53.7 Å². The van der Waals surface area contributed by atoms with Gasteiger partial charge in [-0.05, 0) is 22.0 Å². The van der Waals surface area contributed by atoms with Gasteiger partial charge in [-0.3, -0.25) is 0 Å². The first-order valence-electron chi connectivity index (χ1n) is 13.9. The monoisotopic (exact) mass is 735 g/mol. The molecule has 18 heteroatoms. The Labute approximate surface area is 274 Å². The number of halogens is 15. The van der Waals surface area contributed by atoms with Crippen molar-refractivity contribution in [3.63, 3.8) is 0 Å². The number of hydrogen-bond donors (Lipinski definition) is 2. The summed E-state index contributed by atoms with van der Waals surface area (Å²) >= 11 is 0. The fourth-order valence-corrected chi connectivity index (χ4v) is 5.99. The predicted octanol–water partition coefficient (Wildman–Crippen LogP) is 7.83. The Kier molecular flexibility index (Phi) is 10.2. The summed E-state index contributed by atoms with van der Waals surface area (Å²) in [6.07, 6.45) is -5.99. The van der Waals surface area contributed by atoms with Crippen LogP contribution in [-0.4, -0.2) is 11.3 Å². The highest BCUT2D eigenvalue weighted by atomic mass is 19.2. The van der Waals surface area contributed by atoms with Crippen molar-refractivity contribution in [2.75, 3.05) is 0 Å². The highest BCUT2D eigenvalue weighted by molar-refractivity contribution is 7.20. The third-order valence-corrected chi connectivity index (χ3v) is 8.28. The molecule has 0 spiro atoms. The molecule has 0 aliphatic carbocycles. The normalized spacial score (nSPS) is 12.4. The van der Waals surface area contributed by atoms with E-state index in [1.165, 1.54) is 41.5 Å². The molecule has 0 radical (unpaired) electrons. The maximum Gasteiger partial charge on any atom is 0.200 e. The number of hydrogen-bond acceptors (Lipinski definition) is 1. The summed E-state index contributed by atoms with van der Waals surface area (Å²) in [5.41, 5.74) is -13.6. The van der Waals surface area contributed by atoms with Crippen LogP contribution in [-0.2, 0) is 10.8 Å². The van der Waals surface area contributed by atoms with Crippen molar-refractivity contribution in [3.8, 4) is 5.75 Å². The van der Waals surface area contributed by atoms with Crippen LogP contribution in [0.4, 0.5) is 65.9 Å². The Hall–Kier alpha value is -4.35. The van der Waals surface area contributed by atoms with Gasteiger partial charge < -0.3 is 11.3 Å². The molecule has 4 aromatic rings. The molecule has 0 atom stereocenters. The number of rotatable bonds is 4. The molecular formula is C32H25BF15NO. The van der Waals surface area contributed by atoms with Crippen molar-refractivity contribution in [2.24, 2.45) is 0 Å². The van der Waals surface area contributed by atoms with Gasteiger partial charge in [0, 0.05) is 0 Å². The van der Waals surface area contributed by atoms with E-state index in [1.807, 2.05) is 0 Å². The van der Waals surface area contributed by atoms with Crippen LogP contribution < -0.4 is 28.0 Å². The molecule has 5 N–H and O–H groups in total. The molecule has 0 bridgehead atoms. The minimum atomic E-state index is -5.99. The van der Waals surface area contributed by atoms with Crippen LogP contribution in [0.15, 0.2) is 12.1 Å². The molecule has 4 rings (SSSR count). The van der Waals surface area contributed by atoms with Crippen molar-refractivity contribution < 1.29 is 71.0 Å². The average molecular weight is 735 g/mol. The highest BCUT2D eigenvalue weighted by Gasteiger charge is 2.49. The van der Waals surface area contributed by atoms with Gasteiger partial charge in [-0.15, -0.1) is 16.4 Å². The van der Waals surface area contributed by atoms with Crippen LogP contribution in [0.3, 0.4) is 0 Å². The van der Waals surface area contributed by atoms with E-state index in [2.05, 4.69) is 0 Å². The molecule has 0 aliphatic heterocycles. The number of aromatic hydroxyl groups is 1. The first-order valence-corrected chi connectivity index (χ1v) is 13.9. The van der Waals surface area contributed by atoms with Crippen LogP contribution in [0.1, 0.15) is 52.7 Å². The van der Waals surface area contributed by atoms with E-state index in [0.29, 0.717) is 12.1 Å². The highest BCUT2D eigenvalue weighted by Crippen LogP contribution is 2.39. The number of phenolic OH excluding ortho intramolecular Hbond substituents is 1. The van der Waals surface area contributed by atoms with E-state index in [1.54, 1.807) is 0 Å². The quantitative estimate of drug-likeness (QED) is 0.0956. The molecule has 4 aromatic carbocycles. The predicted molar refractivity (Wildman–Crippen MR) is 154 cm³/mol. The lowest BCUT2D eigenvalue weighted by molar-refractivity contribution is 0.380. The smallest absolute Gasteiger partial charge is 0.200 e. The van der Waals surface area contributed by atoms with Gasteiger partial charge in [-0.25, -0.2) is 65.9 Å². The van der Waals surface area contributed by atoms with E-state index in [0.717, 1.165) is 0 Å². The Morgan fingerprint density at radius 3 is 0.740 bits per heavy atom. The van der Waals surface area contributed by atoms with E-state index in [-0.39, 0.29) is 6.15 Å². The third-order valence-electron chi connectivity index (χ3n) is 8.28. The molecule has 0 fully saturated rings. The summed E-state index contributed by atoms with van der Waals surface area (Å²) in [5.74, 6) is -46.9. The van der Waals surface area contributed by atoms with Crippen LogP contribution in [0.5, 0.6) is 5.75 Å². The van der Waals surface area contributed by atoms with E-state index < -0.39 is 143 Å². The van der Waals surface area contributed by atoms with Gasteiger partial charge in [-0.2, -0.15) is 5.46 Å². The maximum atomic E-state index is 16.0. The molecule has 0 saturated heterocycles. The van der Waals surface area contributed by atoms with Crippen LogP contribution in [0.25, 0.3) is 0 Å². The summed E-state index contributed by atoms with van der Waals surface area (Å²) in [6, 6.07) is 0.803. The van der Waals surface area contributed by atoms with E-state index in [4.69, 9.17) is 0 Å². The number of benzene rings is 4. The molecule has 0 heterocycles. The molecular weight excluding hydrogens is 710 g/mol. The lowest BCUT2D eigenvalue weighted by Gasteiger charge is -2.46. The largest absolute Gasteiger partial charge is 0.507 e. The maximum absolute atomic E-state index is 16.0. The Balaban J connectivity index is 0.00000676. The van der Waals surface area contributed by atoms with Crippen molar-refractivity contribution >= 4 is 28.0 Å². The summed E-state index contributed by atoms with van der Waals surface area (Å²) in [7, 11) is 0. The average Bonchev–Trinajstić information content (AvgIpc) is 3.01. The Bertz CT molecular complexity index is 1780. The van der Waals surface area contributed by atoms with Crippen LogP contribution in [0, 0.1) is 87.3 Å². The SMILES string of the molecule is CC(C)(C)c1cc([B-](c2c(F)c(F)c(F)c(F)c2F)(c2c(F)c(F)c(F)c(F)c2F)c2c(F)c(F)c(F)c(F)c2F)cc(C(C)(C)C)c1O.[NH4+]. The molecule has 0 aromatic heterocycles. The van der Waals surface area contributed by atoms with Gasteiger partial charge in [0.25, 0.3) is 0 Å². The topological polar surface area (TPSA) is 56.7 Å². The third kappa shape index (κ3) is 5.55. The molecule has 0 aliphatic rings. The second-order valence-corrected chi connectivity index (χ2v) is 13.3. The molecule has 0 amide bonds. The van der Waals surface area contributed by atoms with Crippen molar-refractivity contribution in [1.82, 2.24) is 6.15 Å². The molecule has 50 heavy (non-hydrogen) atoms. The number of quaternary nitrogens is 1. The first-order chi connectivity index (χ1) is 22.3. The van der Waals surface area contributed by atoms with E-state index in [9.17, 15) is 44.6 Å². The van der Waals surface area contributed by atoms with Gasteiger partial charge in [0.05, 0.1) is 0 Å². The van der Waals surface area contributed by atoms with Crippen LogP contribution in [0.2, 0.25) is 0 Å². The molecule has 0 unspecified atom stereocenters. The zero-order valence-electron chi connectivity index (χ0n) is 26.8. The van der Waals surface area contributed by atoms with Gasteiger partial charge in [0.2, 0.25) is 0 Å². The summed E-state index contributed by atoms with van der Waals surface area (Å²) in [4.78, 5) is 0.